The second-order valence-electron chi connectivity index (χ2n) is 12.2. The van der Waals surface area contributed by atoms with Crippen molar-refractivity contribution < 1.29 is 19.5 Å². The molecule has 1 aliphatic heterocycles. The number of rotatable bonds is 21. The van der Waals surface area contributed by atoms with E-state index in [1.807, 2.05) is 0 Å². The predicted molar refractivity (Wildman–Crippen MR) is 164 cm³/mol. The number of nitrogens with zero attached hydrogens (tertiary/aromatic N) is 2. The Morgan fingerprint density at radius 1 is 0.902 bits per heavy atom. The molecule has 7 heteroatoms. The summed E-state index contributed by atoms with van der Waals surface area (Å²) in [5, 5.41) is 9.50. The van der Waals surface area contributed by atoms with Crippen molar-refractivity contribution in [3.05, 3.63) is 58.2 Å². The van der Waals surface area contributed by atoms with Crippen LogP contribution < -0.4 is 0 Å². The molecule has 1 aromatic rings. The highest BCUT2D eigenvalue weighted by molar-refractivity contribution is 5.69. The van der Waals surface area contributed by atoms with E-state index in [-0.39, 0.29) is 12.6 Å². The van der Waals surface area contributed by atoms with Crippen LogP contribution in [0, 0.1) is 27.9 Å². The molecule has 0 spiro atoms. The van der Waals surface area contributed by atoms with Gasteiger partial charge < -0.3 is 14.5 Å². The second-order valence-corrected chi connectivity index (χ2v) is 12.2. The van der Waals surface area contributed by atoms with Crippen LogP contribution in [0.4, 0.5) is 0 Å². The predicted octanol–water partition coefficient (Wildman–Crippen LogP) is 7.96. The maximum absolute atomic E-state index is 12.1. The Bertz CT molecular complexity index is 869. The van der Waals surface area contributed by atoms with Gasteiger partial charge in [0.15, 0.2) is 0 Å². The molecule has 0 bridgehead atoms. The number of carbonyl (C=O) groups excluding carboxylic acids is 1. The molecule has 41 heavy (non-hydrogen) atoms. The van der Waals surface area contributed by atoms with Crippen LogP contribution in [0.25, 0.3) is 0 Å². The maximum atomic E-state index is 12.1. The van der Waals surface area contributed by atoms with Crippen LogP contribution >= 0.6 is 0 Å². The SMILES string of the molecule is O=C(CCC/C=C\C[C@H]1CCCC1CCCCCc1ccccc1)OCCCN1CCC(CCCO[N+](=O)[O-])CC1. The van der Waals surface area contributed by atoms with Crippen LogP contribution in [0.2, 0.25) is 0 Å². The fraction of sp³-hybridized carbons (Fsp3) is 0.735. The minimum absolute atomic E-state index is 0.0721. The lowest BCUT2D eigenvalue weighted by atomic mass is 9.88. The number of hydrogen-bond acceptors (Lipinski definition) is 6. The molecule has 2 fully saturated rings. The number of aryl methyl sites for hydroxylation is 1. The standard InChI is InChI=1S/C34H54N2O5/c37-34(40-28-13-25-35-26-23-31(24-27-35)17-12-29-41-36(38)39)22-10-2-1-8-18-32-20-11-21-33(32)19-9-4-7-16-30-14-5-3-6-15-30/h1,3,5-6,8,14-15,31-33H,2,4,7,9-13,16-29H2/b8-1-/t32-,33?/m0/s1. The molecule has 0 radical (unpaired) electrons. The molecule has 1 saturated carbocycles. The van der Waals surface area contributed by atoms with Crippen molar-refractivity contribution in [3.63, 3.8) is 0 Å². The molecule has 0 amide bonds. The number of unbranched alkanes of at least 4 members (excludes halogenated alkanes) is 3. The zero-order chi connectivity index (χ0) is 29.0. The zero-order valence-corrected chi connectivity index (χ0v) is 25.3. The summed E-state index contributed by atoms with van der Waals surface area (Å²) in [6, 6.07) is 10.8. The van der Waals surface area contributed by atoms with E-state index in [0.717, 1.165) is 76.4 Å². The maximum Gasteiger partial charge on any atom is 0.305 e. The van der Waals surface area contributed by atoms with Crippen molar-refractivity contribution >= 4 is 5.97 Å². The molecule has 3 rings (SSSR count). The average molecular weight is 571 g/mol. The number of carbonyl (C=O) groups is 1. The van der Waals surface area contributed by atoms with E-state index in [0.29, 0.717) is 18.9 Å². The summed E-state index contributed by atoms with van der Waals surface area (Å²) in [5.41, 5.74) is 1.46. The van der Waals surface area contributed by atoms with Crippen LogP contribution in [0.1, 0.15) is 108 Å². The Labute approximate surface area is 248 Å². The van der Waals surface area contributed by atoms with Gasteiger partial charge in [0, 0.05) is 13.0 Å². The van der Waals surface area contributed by atoms with Gasteiger partial charge in [-0.15, -0.1) is 10.1 Å². The number of esters is 1. The first kappa shape index (κ1) is 33.1. The van der Waals surface area contributed by atoms with Crippen LogP contribution in [0.15, 0.2) is 42.5 Å². The molecular formula is C34H54N2O5. The summed E-state index contributed by atoms with van der Waals surface area (Å²) in [7, 11) is 0. The Kier molecular flexibility index (Phi) is 16.5. The Hall–Kier alpha value is -2.41. The first-order valence-corrected chi connectivity index (χ1v) is 16.4. The highest BCUT2D eigenvalue weighted by atomic mass is 16.9. The molecule has 230 valence electrons. The summed E-state index contributed by atoms with van der Waals surface area (Å²) < 4.78 is 5.46. The average Bonchev–Trinajstić information content (AvgIpc) is 3.43. The highest BCUT2D eigenvalue weighted by Crippen LogP contribution is 2.37. The lowest BCUT2D eigenvalue weighted by Gasteiger charge is -2.31. The number of likely N-dealkylation sites (tertiary alicyclic amines) is 1. The minimum atomic E-state index is -0.713. The van der Waals surface area contributed by atoms with Crippen molar-refractivity contribution in [1.29, 1.82) is 0 Å². The van der Waals surface area contributed by atoms with Gasteiger partial charge in [-0.1, -0.05) is 74.6 Å². The summed E-state index contributed by atoms with van der Waals surface area (Å²) in [4.78, 5) is 29.1. The molecule has 0 N–H and O–H groups in total. The van der Waals surface area contributed by atoms with E-state index in [1.54, 1.807) is 0 Å². The Morgan fingerprint density at radius 3 is 2.51 bits per heavy atom. The van der Waals surface area contributed by atoms with Crippen molar-refractivity contribution in [2.75, 3.05) is 32.8 Å². The topological polar surface area (TPSA) is 81.9 Å². The van der Waals surface area contributed by atoms with E-state index in [4.69, 9.17) is 4.74 Å². The monoisotopic (exact) mass is 570 g/mol. The summed E-state index contributed by atoms with van der Waals surface area (Å²) in [6.07, 6.45) is 23.8. The van der Waals surface area contributed by atoms with Crippen molar-refractivity contribution in [2.24, 2.45) is 17.8 Å². The molecule has 7 nitrogen and oxygen atoms in total. The Balaban J connectivity index is 1.12. The van der Waals surface area contributed by atoms with Crippen molar-refractivity contribution in [3.8, 4) is 0 Å². The van der Waals surface area contributed by atoms with Gasteiger partial charge in [0.1, 0.15) is 0 Å². The minimum Gasteiger partial charge on any atom is -0.466 e. The first-order chi connectivity index (χ1) is 20.1. The normalized spacial score (nSPS) is 20.0. The van der Waals surface area contributed by atoms with Gasteiger partial charge in [0.25, 0.3) is 5.09 Å². The molecule has 1 aliphatic carbocycles. The number of benzene rings is 1. The number of piperidine rings is 1. The van der Waals surface area contributed by atoms with Gasteiger partial charge in [0.05, 0.1) is 13.2 Å². The van der Waals surface area contributed by atoms with Crippen LogP contribution in [-0.2, 0) is 20.8 Å². The second kappa shape index (κ2) is 20.5. The van der Waals surface area contributed by atoms with E-state index < -0.39 is 5.09 Å². The third kappa shape index (κ3) is 14.9. The van der Waals surface area contributed by atoms with Crippen molar-refractivity contribution in [1.82, 2.24) is 4.90 Å². The van der Waals surface area contributed by atoms with Gasteiger partial charge in [-0.25, -0.2) is 0 Å². The lowest BCUT2D eigenvalue weighted by Crippen LogP contribution is -2.35. The quantitative estimate of drug-likeness (QED) is 0.0490. The third-order valence-electron chi connectivity index (χ3n) is 9.10. The van der Waals surface area contributed by atoms with E-state index in [9.17, 15) is 14.9 Å². The molecular weight excluding hydrogens is 516 g/mol. The first-order valence-electron chi connectivity index (χ1n) is 16.4. The third-order valence-corrected chi connectivity index (χ3v) is 9.10. The lowest BCUT2D eigenvalue weighted by molar-refractivity contribution is -0.757. The van der Waals surface area contributed by atoms with E-state index in [2.05, 4.69) is 52.2 Å². The zero-order valence-electron chi connectivity index (χ0n) is 25.3. The van der Waals surface area contributed by atoms with Gasteiger partial charge in [-0.2, -0.15) is 0 Å². The number of hydrogen-bond donors (Lipinski definition) is 0. The molecule has 1 heterocycles. The molecule has 2 aliphatic rings. The Morgan fingerprint density at radius 2 is 1.71 bits per heavy atom. The summed E-state index contributed by atoms with van der Waals surface area (Å²) in [5.74, 6) is 2.32. The number of allylic oxidation sites excluding steroid dienone is 2. The van der Waals surface area contributed by atoms with Gasteiger partial charge >= 0.3 is 5.97 Å². The molecule has 1 aromatic carbocycles. The van der Waals surface area contributed by atoms with Crippen LogP contribution in [0.3, 0.4) is 0 Å². The molecule has 2 atom stereocenters. The fourth-order valence-corrected chi connectivity index (χ4v) is 6.67. The van der Waals surface area contributed by atoms with Gasteiger partial charge in [0.2, 0.25) is 0 Å². The summed E-state index contributed by atoms with van der Waals surface area (Å²) in [6.45, 7) is 3.77. The van der Waals surface area contributed by atoms with Gasteiger partial charge in [-0.3, -0.25) is 4.79 Å². The van der Waals surface area contributed by atoms with E-state index >= 15 is 0 Å². The van der Waals surface area contributed by atoms with Crippen LogP contribution in [-0.4, -0.2) is 48.8 Å². The highest BCUT2D eigenvalue weighted by Gasteiger charge is 2.25. The molecule has 0 aromatic heterocycles. The smallest absolute Gasteiger partial charge is 0.305 e. The summed E-state index contributed by atoms with van der Waals surface area (Å²) >= 11 is 0. The van der Waals surface area contributed by atoms with E-state index in [1.165, 1.54) is 63.4 Å². The number of ether oxygens (including phenoxy) is 1. The molecule has 1 saturated heterocycles. The largest absolute Gasteiger partial charge is 0.466 e. The van der Waals surface area contributed by atoms with Crippen LogP contribution in [0.5, 0.6) is 0 Å². The molecule has 1 unspecified atom stereocenters. The fourth-order valence-electron chi connectivity index (χ4n) is 6.67. The van der Waals surface area contributed by atoms with Crippen molar-refractivity contribution in [2.45, 2.75) is 109 Å². The van der Waals surface area contributed by atoms with Gasteiger partial charge in [-0.05, 0) is 107 Å².